The van der Waals surface area contributed by atoms with E-state index in [2.05, 4.69) is 29.2 Å². The van der Waals surface area contributed by atoms with E-state index < -0.39 is 0 Å². The minimum Gasteiger partial charge on any atom is -0.354 e. The number of rotatable bonds is 8. The lowest BCUT2D eigenvalue weighted by Gasteiger charge is -2.11. The van der Waals surface area contributed by atoms with Gasteiger partial charge in [-0.1, -0.05) is 13.5 Å². The quantitative estimate of drug-likeness (QED) is 0.685. The van der Waals surface area contributed by atoms with Crippen LogP contribution in [0, 0.1) is 0 Å². The highest BCUT2D eigenvalue weighted by Gasteiger charge is 2.04. The first-order valence-electron chi connectivity index (χ1n) is 6.31. The molecule has 1 aromatic rings. The number of carbonyl (C=O) groups excluding carboxylic acids is 1. The minimum absolute atomic E-state index is 0.0960. The van der Waals surface area contributed by atoms with Gasteiger partial charge in [-0.25, -0.2) is 4.68 Å². The summed E-state index contributed by atoms with van der Waals surface area (Å²) in [6, 6.07) is 0.253. The fraction of sp³-hybridized carbons (Fsp3) is 0.538. The van der Waals surface area contributed by atoms with Crippen molar-refractivity contribution in [3.8, 4) is 0 Å². The second kappa shape index (κ2) is 7.66. The van der Waals surface area contributed by atoms with E-state index in [1.807, 2.05) is 13.1 Å². The van der Waals surface area contributed by atoms with Crippen molar-refractivity contribution in [3.63, 3.8) is 0 Å². The SMILES string of the molecule is C=Cn1cc(CNCCC(=O)NC(C)CC)cn1. The zero-order valence-electron chi connectivity index (χ0n) is 11.1. The molecule has 1 atom stereocenters. The molecule has 0 aliphatic heterocycles. The number of hydrogen-bond acceptors (Lipinski definition) is 3. The second-order valence-electron chi connectivity index (χ2n) is 4.31. The van der Waals surface area contributed by atoms with Gasteiger partial charge in [0.2, 0.25) is 5.91 Å². The Morgan fingerprint density at radius 1 is 1.67 bits per heavy atom. The summed E-state index contributed by atoms with van der Waals surface area (Å²) in [5, 5.41) is 10.2. The largest absolute Gasteiger partial charge is 0.354 e. The fourth-order valence-electron chi connectivity index (χ4n) is 1.45. The molecule has 0 spiro atoms. The van der Waals surface area contributed by atoms with E-state index >= 15 is 0 Å². The number of amides is 1. The predicted octanol–water partition coefficient (Wildman–Crippen LogP) is 1.38. The van der Waals surface area contributed by atoms with Gasteiger partial charge in [-0.15, -0.1) is 0 Å². The molecular weight excluding hydrogens is 228 g/mol. The van der Waals surface area contributed by atoms with Gasteiger partial charge in [0.05, 0.1) is 6.20 Å². The molecule has 0 radical (unpaired) electrons. The topological polar surface area (TPSA) is 59.0 Å². The number of hydrogen-bond donors (Lipinski definition) is 2. The Morgan fingerprint density at radius 3 is 3.06 bits per heavy atom. The van der Waals surface area contributed by atoms with Gasteiger partial charge >= 0.3 is 0 Å². The lowest BCUT2D eigenvalue weighted by atomic mass is 10.2. The monoisotopic (exact) mass is 250 g/mol. The van der Waals surface area contributed by atoms with Crippen LogP contribution in [-0.2, 0) is 11.3 Å². The molecule has 0 saturated heterocycles. The summed E-state index contributed by atoms with van der Waals surface area (Å²) >= 11 is 0. The summed E-state index contributed by atoms with van der Waals surface area (Å²) in [6.07, 6.45) is 6.79. The van der Waals surface area contributed by atoms with Crippen LogP contribution in [0.25, 0.3) is 6.20 Å². The van der Waals surface area contributed by atoms with E-state index in [1.165, 1.54) is 0 Å². The maximum Gasteiger partial charge on any atom is 0.221 e. The van der Waals surface area contributed by atoms with Crippen LogP contribution >= 0.6 is 0 Å². The molecule has 1 amide bonds. The third kappa shape index (κ3) is 5.14. The second-order valence-corrected chi connectivity index (χ2v) is 4.31. The molecule has 0 aliphatic carbocycles. The van der Waals surface area contributed by atoms with Crippen molar-refractivity contribution in [2.24, 2.45) is 0 Å². The summed E-state index contributed by atoms with van der Waals surface area (Å²) < 4.78 is 1.66. The summed E-state index contributed by atoms with van der Waals surface area (Å²) in [7, 11) is 0. The maximum absolute atomic E-state index is 11.5. The van der Waals surface area contributed by atoms with Crippen LogP contribution in [0.1, 0.15) is 32.3 Å². The van der Waals surface area contributed by atoms with Gasteiger partial charge < -0.3 is 10.6 Å². The molecule has 0 fully saturated rings. The molecule has 0 saturated carbocycles. The highest BCUT2D eigenvalue weighted by atomic mass is 16.1. The third-order valence-corrected chi connectivity index (χ3v) is 2.72. The Bertz CT molecular complexity index is 386. The van der Waals surface area contributed by atoms with E-state index in [1.54, 1.807) is 17.1 Å². The standard InChI is InChI=1S/C13H22N4O/c1-4-11(3)16-13(18)6-7-14-8-12-9-15-17(5-2)10-12/h5,9-11,14H,2,4,6-8H2,1,3H3,(H,16,18). The number of nitrogens with zero attached hydrogens (tertiary/aromatic N) is 2. The van der Waals surface area contributed by atoms with Crippen LogP contribution in [-0.4, -0.2) is 28.3 Å². The van der Waals surface area contributed by atoms with Crippen molar-refractivity contribution in [3.05, 3.63) is 24.5 Å². The summed E-state index contributed by atoms with van der Waals surface area (Å²) in [6.45, 7) is 9.07. The molecule has 100 valence electrons. The Balaban J connectivity index is 2.14. The number of aromatic nitrogens is 2. The van der Waals surface area contributed by atoms with Crippen LogP contribution in [0.2, 0.25) is 0 Å². The molecule has 0 bridgehead atoms. The molecule has 1 rings (SSSR count). The summed E-state index contributed by atoms with van der Waals surface area (Å²) in [5.74, 6) is 0.0960. The molecule has 1 unspecified atom stereocenters. The first-order valence-corrected chi connectivity index (χ1v) is 6.31. The highest BCUT2D eigenvalue weighted by Crippen LogP contribution is 1.97. The molecular formula is C13H22N4O. The highest BCUT2D eigenvalue weighted by molar-refractivity contribution is 5.76. The Hall–Kier alpha value is -1.62. The summed E-state index contributed by atoms with van der Waals surface area (Å²) in [4.78, 5) is 11.5. The van der Waals surface area contributed by atoms with Crippen LogP contribution in [0.4, 0.5) is 0 Å². The first-order chi connectivity index (χ1) is 8.65. The van der Waals surface area contributed by atoms with Crippen LogP contribution in [0.15, 0.2) is 19.0 Å². The smallest absolute Gasteiger partial charge is 0.221 e. The molecule has 5 heteroatoms. The number of carbonyl (C=O) groups is 1. The third-order valence-electron chi connectivity index (χ3n) is 2.72. The van der Waals surface area contributed by atoms with Gasteiger partial charge in [-0.2, -0.15) is 5.10 Å². The Labute approximate surface area is 108 Å². The minimum atomic E-state index is 0.0960. The predicted molar refractivity (Wildman–Crippen MR) is 72.8 cm³/mol. The molecule has 0 aromatic carbocycles. The summed E-state index contributed by atoms with van der Waals surface area (Å²) in [5.41, 5.74) is 1.08. The van der Waals surface area contributed by atoms with Gasteiger partial charge in [0.25, 0.3) is 0 Å². The van der Waals surface area contributed by atoms with Gasteiger partial charge in [0.1, 0.15) is 0 Å². The van der Waals surface area contributed by atoms with Crippen molar-refractivity contribution in [2.75, 3.05) is 6.54 Å². The zero-order valence-corrected chi connectivity index (χ0v) is 11.1. The molecule has 2 N–H and O–H groups in total. The van der Waals surface area contributed by atoms with E-state index in [4.69, 9.17) is 0 Å². The molecule has 1 heterocycles. The van der Waals surface area contributed by atoms with Gasteiger partial charge in [-0.3, -0.25) is 4.79 Å². The van der Waals surface area contributed by atoms with Crippen molar-refractivity contribution >= 4 is 12.1 Å². The average molecular weight is 250 g/mol. The maximum atomic E-state index is 11.5. The van der Waals surface area contributed by atoms with Crippen molar-refractivity contribution < 1.29 is 4.79 Å². The molecule has 1 aromatic heterocycles. The Kier molecular flexibility index (Phi) is 6.14. The van der Waals surface area contributed by atoms with Gasteiger partial charge in [-0.05, 0) is 13.3 Å². The average Bonchev–Trinajstić information content (AvgIpc) is 2.82. The molecule has 5 nitrogen and oxygen atoms in total. The lowest BCUT2D eigenvalue weighted by molar-refractivity contribution is -0.121. The lowest BCUT2D eigenvalue weighted by Crippen LogP contribution is -2.33. The molecule has 18 heavy (non-hydrogen) atoms. The van der Waals surface area contributed by atoms with Gasteiger partial charge in [0.15, 0.2) is 0 Å². The first kappa shape index (κ1) is 14.4. The van der Waals surface area contributed by atoms with E-state index in [0.29, 0.717) is 19.5 Å². The number of nitrogens with one attached hydrogen (secondary N) is 2. The Morgan fingerprint density at radius 2 is 2.44 bits per heavy atom. The molecule has 0 aliphatic rings. The van der Waals surface area contributed by atoms with E-state index in [9.17, 15) is 4.79 Å². The van der Waals surface area contributed by atoms with E-state index in [0.717, 1.165) is 12.0 Å². The zero-order chi connectivity index (χ0) is 13.4. The van der Waals surface area contributed by atoms with Crippen LogP contribution in [0.5, 0.6) is 0 Å². The van der Waals surface area contributed by atoms with Crippen molar-refractivity contribution in [2.45, 2.75) is 39.3 Å². The van der Waals surface area contributed by atoms with Crippen molar-refractivity contribution in [1.29, 1.82) is 0 Å². The van der Waals surface area contributed by atoms with Crippen molar-refractivity contribution in [1.82, 2.24) is 20.4 Å². The van der Waals surface area contributed by atoms with Crippen LogP contribution in [0.3, 0.4) is 0 Å². The van der Waals surface area contributed by atoms with Gasteiger partial charge in [0, 0.05) is 43.5 Å². The normalized spacial score (nSPS) is 12.1. The van der Waals surface area contributed by atoms with Crippen LogP contribution < -0.4 is 10.6 Å². The van der Waals surface area contributed by atoms with E-state index in [-0.39, 0.29) is 11.9 Å². The fourth-order valence-corrected chi connectivity index (χ4v) is 1.45.